The first kappa shape index (κ1) is 22.1. The highest BCUT2D eigenvalue weighted by atomic mass is 19.4. The molecular weight excluding hydrogens is 422 g/mol. The molecule has 2 N–H and O–H groups in total. The molecule has 4 rings (SSSR count). The molecule has 1 aliphatic rings. The quantitative estimate of drug-likeness (QED) is 0.622. The van der Waals surface area contributed by atoms with Gasteiger partial charge in [0.25, 0.3) is 5.91 Å². The number of aromatic nitrogens is 4. The van der Waals surface area contributed by atoms with Gasteiger partial charge >= 0.3 is 6.18 Å². The highest BCUT2D eigenvalue weighted by Gasteiger charge is 2.33. The largest absolute Gasteiger partial charge is 0.481 e. The Morgan fingerprint density at radius 1 is 1.16 bits per heavy atom. The second-order valence-electron chi connectivity index (χ2n) is 6.45. The molecule has 8 nitrogen and oxygen atoms in total. The van der Waals surface area contributed by atoms with Crippen LogP contribution in [0.2, 0.25) is 0 Å². The van der Waals surface area contributed by atoms with E-state index in [0.717, 1.165) is 49.5 Å². The van der Waals surface area contributed by atoms with Crippen molar-refractivity contribution in [2.24, 2.45) is 5.73 Å². The molecule has 164 valence electrons. The summed E-state index contributed by atoms with van der Waals surface area (Å²) in [7, 11) is 1.49. The Labute approximate surface area is 173 Å². The Morgan fingerprint density at radius 2 is 1.90 bits per heavy atom. The van der Waals surface area contributed by atoms with E-state index in [9.17, 15) is 22.4 Å². The predicted octanol–water partition coefficient (Wildman–Crippen LogP) is 3.36. The number of nitrogens with two attached hydrogens (primary N) is 1. The van der Waals surface area contributed by atoms with Gasteiger partial charge < -0.3 is 14.9 Å². The standard InChI is InChI=1S/C13H13FN2O2.C6H4F3N3O/c1-17-12-6-8(9(14)7-15-12)13-16-10-4-2-3-5-11(10)18-13;7-6(8,9)4-2-11-1-3(12-4)5(10)13/h6-7H,2-5H2,1H3;1-2H,(H2,10,13). The van der Waals surface area contributed by atoms with Gasteiger partial charge in [-0.3, -0.25) is 9.78 Å². The number of rotatable bonds is 3. The first-order valence-electron chi connectivity index (χ1n) is 9.06. The van der Waals surface area contributed by atoms with Crippen LogP contribution in [0, 0.1) is 5.82 Å². The van der Waals surface area contributed by atoms with E-state index in [4.69, 9.17) is 14.9 Å². The Kier molecular flexibility index (Phi) is 6.47. The van der Waals surface area contributed by atoms with Gasteiger partial charge in [-0.05, 0) is 19.3 Å². The minimum absolute atomic E-state index is 0.302. The Bertz CT molecular complexity index is 1060. The summed E-state index contributed by atoms with van der Waals surface area (Å²) in [6, 6.07) is 1.51. The molecule has 31 heavy (non-hydrogen) atoms. The molecule has 3 heterocycles. The molecule has 0 aromatic carbocycles. The van der Waals surface area contributed by atoms with Gasteiger partial charge in [0.1, 0.15) is 11.5 Å². The minimum atomic E-state index is -4.61. The smallest absolute Gasteiger partial charge is 0.434 e. The number of primary amides is 1. The number of hydrogen-bond donors (Lipinski definition) is 1. The van der Waals surface area contributed by atoms with Crippen molar-refractivity contribution in [3.8, 4) is 17.3 Å². The number of hydrogen-bond acceptors (Lipinski definition) is 7. The number of carbonyl (C=O) groups excluding carboxylic acids is 1. The predicted molar refractivity (Wildman–Crippen MR) is 98.4 cm³/mol. The lowest BCUT2D eigenvalue weighted by Crippen LogP contribution is -2.17. The number of halogens is 4. The van der Waals surface area contributed by atoms with Crippen molar-refractivity contribution in [3.63, 3.8) is 0 Å². The molecule has 0 radical (unpaired) electrons. The summed E-state index contributed by atoms with van der Waals surface area (Å²) >= 11 is 0. The van der Waals surface area contributed by atoms with Crippen LogP contribution in [-0.2, 0) is 19.0 Å². The topological polar surface area (TPSA) is 117 Å². The number of aryl methyl sites for hydroxylation is 2. The number of fused-ring (bicyclic) bond motifs is 1. The van der Waals surface area contributed by atoms with E-state index in [2.05, 4.69) is 19.9 Å². The van der Waals surface area contributed by atoms with E-state index in [-0.39, 0.29) is 0 Å². The van der Waals surface area contributed by atoms with Crippen LogP contribution in [0.15, 0.2) is 29.1 Å². The van der Waals surface area contributed by atoms with Crippen LogP contribution < -0.4 is 10.5 Å². The van der Waals surface area contributed by atoms with Crippen LogP contribution in [0.1, 0.15) is 40.5 Å². The molecule has 0 unspecified atom stereocenters. The van der Waals surface area contributed by atoms with Crippen molar-refractivity contribution in [1.82, 2.24) is 19.9 Å². The molecule has 1 aliphatic carbocycles. The van der Waals surface area contributed by atoms with Crippen molar-refractivity contribution in [1.29, 1.82) is 0 Å². The minimum Gasteiger partial charge on any atom is -0.481 e. The highest BCUT2D eigenvalue weighted by Crippen LogP contribution is 2.30. The molecule has 3 aromatic heterocycles. The SMILES string of the molecule is COc1cc(-c2nc3c(o2)CCCC3)c(F)cn1.NC(=O)c1cncc(C(F)(F)F)n1. The fraction of sp³-hybridized carbons (Fsp3) is 0.316. The number of oxazole rings is 1. The van der Waals surface area contributed by atoms with Crippen LogP contribution in [0.5, 0.6) is 5.88 Å². The zero-order valence-electron chi connectivity index (χ0n) is 16.2. The van der Waals surface area contributed by atoms with Gasteiger partial charge in [-0.2, -0.15) is 13.2 Å². The summed E-state index contributed by atoms with van der Waals surface area (Å²) < 4.78 is 60.3. The molecule has 0 spiro atoms. The van der Waals surface area contributed by atoms with Crippen molar-refractivity contribution in [3.05, 3.63) is 53.3 Å². The molecule has 0 saturated heterocycles. The van der Waals surface area contributed by atoms with E-state index in [0.29, 0.717) is 23.5 Å². The molecule has 0 saturated carbocycles. The highest BCUT2D eigenvalue weighted by molar-refractivity contribution is 5.90. The van der Waals surface area contributed by atoms with Gasteiger partial charge in [0, 0.05) is 12.5 Å². The lowest BCUT2D eigenvalue weighted by molar-refractivity contribution is -0.141. The average Bonchev–Trinajstić information content (AvgIpc) is 3.18. The third kappa shape index (κ3) is 5.32. The van der Waals surface area contributed by atoms with Crippen LogP contribution in [0.25, 0.3) is 11.5 Å². The van der Waals surface area contributed by atoms with Crippen LogP contribution in [-0.4, -0.2) is 33.0 Å². The lowest BCUT2D eigenvalue weighted by atomic mass is 10.0. The average molecular weight is 439 g/mol. The summed E-state index contributed by atoms with van der Waals surface area (Å²) in [4.78, 5) is 24.8. The molecule has 0 atom stereocenters. The number of amides is 1. The van der Waals surface area contributed by atoms with E-state index in [1.807, 2.05) is 0 Å². The van der Waals surface area contributed by atoms with Crippen LogP contribution in [0.3, 0.4) is 0 Å². The zero-order chi connectivity index (χ0) is 22.6. The Hall–Kier alpha value is -3.57. The second kappa shape index (κ2) is 9.06. The second-order valence-corrected chi connectivity index (χ2v) is 6.45. The number of ether oxygens (including phenoxy) is 1. The van der Waals surface area contributed by atoms with Gasteiger partial charge in [0.2, 0.25) is 11.8 Å². The fourth-order valence-electron chi connectivity index (χ4n) is 2.78. The Balaban J connectivity index is 0.000000187. The van der Waals surface area contributed by atoms with Gasteiger partial charge in [0.15, 0.2) is 11.5 Å². The fourth-order valence-corrected chi connectivity index (χ4v) is 2.78. The first-order chi connectivity index (χ1) is 14.7. The zero-order valence-corrected chi connectivity index (χ0v) is 16.2. The molecule has 0 aliphatic heterocycles. The Morgan fingerprint density at radius 3 is 2.55 bits per heavy atom. The summed E-state index contributed by atoms with van der Waals surface area (Å²) in [5.74, 6) is 0.0575. The van der Waals surface area contributed by atoms with Gasteiger partial charge in [-0.15, -0.1) is 0 Å². The lowest BCUT2D eigenvalue weighted by Gasteiger charge is -2.05. The van der Waals surface area contributed by atoms with Crippen molar-refractivity contribution < 1.29 is 31.5 Å². The number of nitrogens with zero attached hydrogens (tertiary/aromatic N) is 4. The molecule has 1 amide bonds. The molecule has 12 heteroatoms. The monoisotopic (exact) mass is 439 g/mol. The van der Waals surface area contributed by atoms with Crippen molar-refractivity contribution >= 4 is 5.91 Å². The van der Waals surface area contributed by atoms with Gasteiger partial charge in [-0.25, -0.2) is 19.3 Å². The number of methoxy groups -OCH3 is 1. The van der Waals surface area contributed by atoms with Crippen LogP contribution >= 0.6 is 0 Å². The number of carbonyl (C=O) groups is 1. The molecule has 3 aromatic rings. The summed E-state index contributed by atoms with van der Waals surface area (Å²) in [6.07, 6.45) is 1.90. The third-order valence-electron chi connectivity index (χ3n) is 4.29. The summed E-state index contributed by atoms with van der Waals surface area (Å²) in [6.45, 7) is 0. The number of alkyl halides is 3. The third-order valence-corrected chi connectivity index (χ3v) is 4.29. The summed E-state index contributed by atoms with van der Waals surface area (Å²) in [5.41, 5.74) is 4.23. The maximum atomic E-state index is 13.7. The van der Waals surface area contributed by atoms with E-state index < -0.39 is 29.3 Å². The van der Waals surface area contributed by atoms with Gasteiger partial charge in [-0.1, -0.05) is 0 Å². The molecule has 0 fully saturated rings. The van der Waals surface area contributed by atoms with E-state index >= 15 is 0 Å². The van der Waals surface area contributed by atoms with Crippen LogP contribution in [0.4, 0.5) is 17.6 Å². The maximum absolute atomic E-state index is 13.7. The van der Waals surface area contributed by atoms with E-state index in [1.54, 1.807) is 0 Å². The number of pyridine rings is 1. The first-order valence-corrected chi connectivity index (χ1v) is 9.06. The van der Waals surface area contributed by atoms with Gasteiger partial charge in [0.05, 0.1) is 37.0 Å². The molecule has 0 bridgehead atoms. The molecular formula is C19H17F4N5O3. The van der Waals surface area contributed by atoms with E-state index in [1.165, 1.54) is 13.2 Å². The maximum Gasteiger partial charge on any atom is 0.434 e. The normalized spacial score (nSPS) is 13.1. The summed E-state index contributed by atoms with van der Waals surface area (Å²) in [5, 5.41) is 0. The van der Waals surface area contributed by atoms with Crippen molar-refractivity contribution in [2.45, 2.75) is 31.9 Å². The van der Waals surface area contributed by atoms with Crippen molar-refractivity contribution in [2.75, 3.05) is 7.11 Å².